The molecule has 0 spiro atoms. The molecule has 1 aliphatic heterocycles. The Morgan fingerprint density at radius 2 is 2.10 bits per heavy atom. The van der Waals surface area contributed by atoms with E-state index in [1.165, 1.54) is 16.5 Å². The SMILES string of the molecule is CNC(c1cc(Br)ccc1F)C1CSc2ccccc21. The summed E-state index contributed by atoms with van der Waals surface area (Å²) < 4.78 is 15.1. The van der Waals surface area contributed by atoms with E-state index in [9.17, 15) is 4.39 Å². The zero-order valence-corrected chi connectivity index (χ0v) is 13.5. The van der Waals surface area contributed by atoms with Crippen LogP contribution in [0, 0.1) is 5.82 Å². The number of fused-ring (bicyclic) bond motifs is 1. The van der Waals surface area contributed by atoms with Crippen LogP contribution in [-0.2, 0) is 0 Å². The fourth-order valence-electron chi connectivity index (χ4n) is 2.79. The molecule has 1 aliphatic rings. The van der Waals surface area contributed by atoms with Crippen LogP contribution in [0.25, 0.3) is 0 Å². The van der Waals surface area contributed by atoms with Gasteiger partial charge in [0.05, 0.1) is 0 Å². The van der Waals surface area contributed by atoms with Gasteiger partial charge in [-0.3, -0.25) is 0 Å². The molecule has 20 heavy (non-hydrogen) atoms. The molecule has 2 atom stereocenters. The largest absolute Gasteiger partial charge is 0.312 e. The second-order valence-corrected chi connectivity index (χ2v) is 6.87. The fourth-order valence-corrected chi connectivity index (χ4v) is 4.46. The van der Waals surface area contributed by atoms with Crippen molar-refractivity contribution < 1.29 is 4.39 Å². The molecule has 0 amide bonds. The maximum absolute atomic E-state index is 14.2. The molecular weight excluding hydrogens is 337 g/mol. The lowest BCUT2D eigenvalue weighted by Crippen LogP contribution is -2.25. The molecule has 0 saturated heterocycles. The Kier molecular flexibility index (Phi) is 4.15. The molecule has 2 aromatic carbocycles. The highest BCUT2D eigenvalue weighted by molar-refractivity contribution is 9.10. The average molecular weight is 352 g/mol. The lowest BCUT2D eigenvalue weighted by atomic mass is 9.88. The Labute approximate surface area is 131 Å². The van der Waals surface area contributed by atoms with Crippen molar-refractivity contribution in [1.82, 2.24) is 5.32 Å². The smallest absolute Gasteiger partial charge is 0.128 e. The summed E-state index contributed by atoms with van der Waals surface area (Å²) in [7, 11) is 1.90. The third-order valence-corrected chi connectivity index (χ3v) is 5.45. The van der Waals surface area contributed by atoms with Crippen molar-refractivity contribution >= 4 is 27.7 Å². The molecule has 1 nitrogen and oxygen atoms in total. The van der Waals surface area contributed by atoms with E-state index >= 15 is 0 Å². The minimum Gasteiger partial charge on any atom is -0.312 e. The van der Waals surface area contributed by atoms with Crippen LogP contribution < -0.4 is 5.32 Å². The number of nitrogens with one attached hydrogen (secondary N) is 1. The van der Waals surface area contributed by atoms with Crippen LogP contribution in [0.3, 0.4) is 0 Å². The molecule has 0 saturated carbocycles. The Morgan fingerprint density at radius 3 is 2.90 bits per heavy atom. The van der Waals surface area contributed by atoms with E-state index in [2.05, 4.69) is 45.5 Å². The van der Waals surface area contributed by atoms with Gasteiger partial charge < -0.3 is 5.32 Å². The summed E-state index contributed by atoms with van der Waals surface area (Å²) in [5.74, 6) is 1.13. The molecule has 0 radical (unpaired) electrons. The summed E-state index contributed by atoms with van der Waals surface area (Å²) in [6.07, 6.45) is 0. The first-order chi connectivity index (χ1) is 9.70. The third kappa shape index (κ3) is 2.52. The van der Waals surface area contributed by atoms with Crippen molar-refractivity contribution in [2.75, 3.05) is 12.8 Å². The number of hydrogen-bond donors (Lipinski definition) is 1. The Hall–Kier alpha value is -0.840. The number of thioether (sulfide) groups is 1. The third-order valence-electron chi connectivity index (χ3n) is 3.74. The van der Waals surface area contributed by atoms with Gasteiger partial charge in [0.1, 0.15) is 5.82 Å². The van der Waals surface area contributed by atoms with Crippen molar-refractivity contribution in [3.63, 3.8) is 0 Å². The lowest BCUT2D eigenvalue weighted by molar-refractivity contribution is 0.483. The zero-order valence-electron chi connectivity index (χ0n) is 11.1. The van der Waals surface area contributed by atoms with Gasteiger partial charge in [0.25, 0.3) is 0 Å². The van der Waals surface area contributed by atoms with Crippen molar-refractivity contribution in [1.29, 1.82) is 0 Å². The molecule has 1 heterocycles. The highest BCUT2D eigenvalue weighted by Crippen LogP contribution is 2.45. The topological polar surface area (TPSA) is 12.0 Å². The van der Waals surface area contributed by atoms with Crippen LogP contribution in [0.4, 0.5) is 4.39 Å². The van der Waals surface area contributed by atoms with E-state index < -0.39 is 0 Å². The van der Waals surface area contributed by atoms with Gasteiger partial charge in [-0.05, 0) is 36.9 Å². The monoisotopic (exact) mass is 351 g/mol. The second-order valence-electron chi connectivity index (χ2n) is 4.89. The second kappa shape index (κ2) is 5.88. The minimum absolute atomic E-state index is 0.0105. The summed E-state index contributed by atoms with van der Waals surface area (Å²) in [5, 5.41) is 3.30. The first kappa shape index (κ1) is 14.1. The van der Waals surface area contributed by atoms with E-state index in [0.717, 1.165) is 15.8 Å². The average Bonchev–Trinajstić information content (AvgIpc) is 2.88. The molecule has 0 fully saturated rings. The van der Waals surface area contributed by atoms with Crippen LogP contribution in [0.15, 0.2) is 51.8 Å². The van der Waals surface area contributed by atoms with E-state index in [1.807, 2.05) is 24.9 Å². The molecule has 0 aromatic heterocycles. The number of halogens is 2. The van der Waals surface area contributed by atoms with Crippen molar-refractivity contribution in [3.05, 3.63) is 63.9 Å². The molecule has 0 aliphatic carbocycles. The van der Waals surface area contributed by atoms with Crippen LogP contribution >= 0.6 is 27.7 Å². The van der Waals surface area contributed by atoms with E-state index in [1.54, 1.807) is 6.07 Å². The van der Waals surface area contributed by atoms with E-state index in [0.29, 0.717) is 5.92 Å². The molecule has 104 valence electrons. The standard InChI is InChI=1S/C16H15BrFNS/c1-19-16(12-8-10(17)6-7-14(12)18)13-9-20-15-5-3-2-4-11(13)15/h2-8,13,16,19H,9H2,1H3. The predicted octanol–water partition coefficient (Wildman–Crippen LogP) is 4.74. The number of rotatable bonds is 3. The first-order valence-corrected chi connectivity index (χ1v) is 8.32. The van der Waals surface area contributed by atoms with Crippen LogP contribution in [0.5, 0.6) is 0 Å². The van der Waals surface area contributed by atoms with E-state index in [-0.39, 0.29) is 11.9 Å². The molecule has 0 bridgehead atoms. The van der Waals surface area contributed by atoms with Crippen LogP contribution in [-0.4, -0.2) is 12.8 Å². The maximum Gasteiger partial charge on any atom is 0.128 e. The Balaban J connectivity index is 2.01. The van der Waals surface area contributed by atoms with Gasteiger partial charge in [-0.1, -0.05) is 34.1 Å². The van der Waals surface area contributed by atoms with Crippen LogP contribution in [0.1, 0.15) is 23.1 Å². The molecule has 3 rings (SSSR count). The van der Waals surface area contributed by atoms with Gasteiger partial charge in [-0.25, -0.2) is 4.39 Å². The lowest BCUT2D eigenvalue weighted by Gasteiger charge is -2.24. The van der Waals surface area contributed by atoms with Gasteiger partial charge in [0.15, 0.2) is 0 Å². The Bertz CT molecular complexity index is 632. The summed E-state index contributed by atoms with van der Waals surface area (Å²) in [5.41, 5.74) is 2.04. The molecule has 4 heteroatoms. The normalized spacial score (nSPS) is 18.9. The first-order valence-electron chi connectivity index (χ1n) is 6.54. The van der Waals surface area contributed by atoms with Gasteiger partial charge in [0.2, 0.25) is 0 Å². The van der Waals surface area contributed by atoms with Crippen molar-refractivity contribution in [3.8, 4) is 0 Å². The Morgan fingerprint density at radius 1 is 1.30 bits per heavy atom. The predicted molar refractivity (Wildman–Crippen MR) is 85.8 cm³/mol. The molecule has 2 unspecified atom stereocenters. The fraction of sp³-hybridized carbons (Fsp3) is 0.250. The van der Waals surface area contributed by atoms with Gasteiger partial charge in [0, 0.05) is 32.6 Å². The summed E-state index contributed by atoms with van der Waals surface area (Å²) in [6.45, 7) is 0. The van der Waals surface area contributed by atoms with Gasteiger partial charge in [-0.2, -0.15) is 0 Å². The quantitative estimate of drug-likeness (QED) is 0.857. The van der Waals surface area contributed by atoms with Crippen molar-refractivity contribution in [2.45, 2.75) is 16.9 Å². The number of hydrogen-bond acceptors (Lipinski definition) is 2. The van der Waals surface area contributed by atoms with E-state index in [4.69, 9.17) is 0 Å². The molecular formula is C16H15BrFNS. The van der Waals surface area contributed by atoms with Crippen molar-refractivity contribution in [2.24, 2.45) is 0 Å². The highest BCUT2D eigenvalue weighted by Gasteiger charge is 2.31. The minimum atomic E-state index is -0.151. The summed E-state index contributed by atoms with van der Waals surface area (Å²) >= 11 is 5.28. The zero-order chi connectivity index (χ0) is 14.1. The van der Waals surface area contributed by atoms with Gasteiger partial charge in [-0.15, -0.1) is 11.8 Å². The number of benzene rings is 2. The maximum atomic E-state index is 14.2. The number of likely N-dealkylation sites (N-methyl/N-ethyl adjacent to an activating group) is 1. The highest BCUT2D eigenvalue weighted by atomic mass is 79.9. The molecule has 2 aromatic rings. The summed E-state index contributed by atoms with van der Waals surface area (Å²) in [6, 6.07) is 13.5. The summed E-state index contributed by atoms with van der Waals surface area (Å²) in [4.78, 5) is 1.31. The van der Waals surface area contributed by atoms with Crippen LogP contribution in [0.2, 0.25) is 0 Å². The van der Waals surface area contributed by atoms with Gasteiger partial charge >= 0.3 is 0 Å². The molecule has 1 N–H and O–H groups in total.